The summed E-state index contributed by atoms with van der Waals surface area (Å²) in [6, 6.07) is 13.2. The van der Waals surface area contributed by atoms with Gasteiger partial charge in [-0.15, -0.1) is 0 Å². The van der Waals surface area contributed by atoms with Gasteiger partial charge in [-0.05, 0) is 23.4 Å². The maximum atomic E-state index is 6.22. The first kappa shape index (κ1) is 11.8. The van der Waals surface area contributed by atoms with Crippen molar-refractivity contribution in [3.8, 4) is 0 Å². The van der Waals surface area contributed by atoms with Crippen molar-refractivity contribution in [3.05, 3.63) is 52.7 Å². The summed E-state index contributed by atoms with van der Waals surface area (Å²) >= 11 is 1.75. The molecule has 3 heteroatoms. The molecule has 1 fully saturated rings. The smallest absolute Gasteiger partial charge is 0.0475 e. The SMILES string of the molecule is NC1CC(c2ccccc2)CN(c2ccsc2)C1. The van der Waals surface area contributed by atoms with Gasteiger partial charge in [0.1, 0.15) is 0 Å². The van der Waals surface area contributed by atoms with Gasteiger partial charge in [0.25, 0.3) is 0 Å². The third-order valence-corrected chi connectivity index (χ3v) is 4.30. The van der Waals surface area contributed by atoms with Gasteiger partial charge in [-0.1, -0.05) is 30.3 Å². The molecule has 0 bridgehead atoms. The van der Waals surface area contributed by atoms with Gasteiger partial charge in [-0.2, -0.15) is 11.3 Å². The number of nitrogens with two attached hydrogens (primary N) is 1. The number of piperidine rings is 1. The highest BCUT2D eigenvalue weighted by Crippen LogP contribution is 2.30. The van der Waals surface area contributed by atoms with Crippen molar-refractivity contribution in [2.45, 2.75) is 18.4 Å². The van der Waals surface area contributed by atoms with Crippen LogP contribution in [0.15, 0.2) is 47.2 Å². The monoisotopic (exact) mass is 258 g/mol. The Bertz CT molecular complexity index is 480. The van der Waals surface area contributed by atoms with E-state index < -0.39 is 0 Å². The lowest BCUT2D eigenvalue weighted by Gasteiger charge is -2.37. The molecule has 2 aromatic rings. The molecule has 0 radical (unpaired) electrons. The van der Waals surface area contributed by atoms with Crippen LogP contribution in [0.4, 0.5) is 5.69 Å². The van der Waals surface area contributed by atoms with Crippen molar-refractivity contribution in [2.75, 3.05) is 18.0 Å². The van der Waals surface area contributed by atoms with Gasteiger partial charge in [0, 0.05) is 36.1 Å². The summed E-state index contributed by atoms with van der Waals surface area (Å²) in [6.07, 6.45) is 1.09. The second-order valence-electron chi connectivity index (χ2n) is 4.99. The normalized spacial score (nSPS) is 24.2. The number of thiophene rings is 1. The molecule has 0 saturated carbocycles. The predicted octanol–water partition coefficient (Wildman–Crippen LogP) is 3.07. The van der Waals surface area contributed by atoms with Gasteiger partial charge in [-0.25, -0.2) is 0 Å². The van der Waals surface area contributed by atoms with E-state index in [9.17, 15) is 0 Å². The second-order valence-corrected chi connectivity index (χ2v) is 5.77. The molecule has 1 aromatic carbocycles. The van der Waals surface area contributed by atoms with Gasteiger partial charge < -0.3 is 10.6 Å². The van der Waals surface area contributed by atoms with E-state index in [0.29, 0.717) is 5.92 Å². The quantitative estimate of drug-likeness (QED) is 0.897. The van der Waals surface area contributed by atoms with Gasteiger partial charge in [0.2, 0.25) is 0 Å². The molecule has 1 aliphatic rings. The lowest BCUT2D eigenvalue weighted by atomic mass is 9.88. The highest BCUT2D eigenvalue weighted by molar-refractivity contribution is 7.08. The van der Waals surface area contributed by atoms with Gasteiger partial charge in [-0.3, -0.25) is 0 Å². The average Bonchev–Trinajstić information content (AvgIpc) is 2.93. The van der Waals surface area contributed by atoms with Crippen molar-refractivity contribution < 1.29 is 0 Å². The molecule has 94 valence electrons. The van der Waals surface area contributed by atoms with Crippen LogP contribution >= 0.6 is 11.3 Å². The Morgan fingerprint density at radius 1 is 1.11 bits per heavy atom. The molecule has 3 rings (SSSR count). The number of nitrogens with zero attached hydrogens (tertiary/aromatic N) is 1. The topological polar surface area (TPSA) is 29.3 Å². The fourth-order valence-corrected chi connectivity index (χ4v) is 3.42. The standard InChI is InChI=1S/C15H18N2S/c16-14-8-13(12-4-2-1-3-5-12)9-17(10-14)15-6-7-18-11-15/h1-7,11,13-14H,8-10,16H2. The van der Waals surface area contributed by atoms with Crippen LogP contribution in [-0.2, 0) is 0 Å². The van der Waals surface area contributed by atoms with Crippen molar-refractivity contribution in [1.29, 1.82) is 0 Å². The van der Waals surface area contributed by atoms with Crippen molar-refractivity contribution >= 4 is 17.0 Å². The van der Waals surface area contributed by atoms with E-state index in [4.69, 9.17) is 5.73 Å². The molecular formula is C15H18N2S. The number of rotatable bonds is 2. The minimum atomic E-state index is 0.267. The van der Waals surface area contributed by atoms with Crippen molar-refractivity contribution in [3.63, 3.8) is 0 Å². The van der Waals surface area contributed by atoms with E-state index in [2.05, 4.69) is 52.1 Å². The molecule has 1 saturated heterocycles. The summed E-state index contributed by atoms with van der Waals surface area (Å²) in [5, 5.41) is 4.34. The summed E-state index contributed by atoms with van der Waals surface area (Å²) in [5.41, 5.74) is 8.95. The first-order valence-corrected chi connectivity index (χ1v) is 7.35. The zero-order chi connectivity index (χ0) is 12.4. The first-order chi connectivity index (χ1) is 8.83. The number of benzene rings is 1. The minimum absolute atomic E-state index is 0.267. The van der Waals surface area contributed by atoms with E-state index in [1.165, 1.54) is 11.3 Å². The Hall–Kier alpha value is -1.32. The van der Waals surface area contributed by atoms with E-state index >= 15 is 0 Å². The van der Waals surface area contributed by atoms with Gasteiger partial charge >= 0.3 is 0 Å². The lowest BCUT2D eigenvalue weighted by molar-refractivity contribution is 0.454. The fourth-order valence-electron chi connectivity index (χ4n) is 2.75. The lowest BCUT2D eigenvalue weighted by Crippen LogP contribution is -2.46. The summed E-state index contributed by atoms with van der Waals surface area (Å²) in [6.45, 7) is 2.05. The van der Waals surface area contributed by atoms with Crippen molar-refractivity contribution in [1.82, 2.24) is 0 Å². The van der Waals surface area contributed by atoms with Crippen LogP contribution in [0.1, 0.15) is 17.9 Å². The Balaban J connectivity index is 1.81. The van der Waals surface area contributed by atoms with E-state index in [0.717, 1.165) is 19.5 Å². The third kappa shape index (κ3) is 2.42. The molecule has 2 heterocycles. The Labute approximate surface area is 112 Å². The Morgan fingerprint density at radius 2 is 1.94 bits per heavy atom. The van der Waals surface area contributed by atoms with E-state index in [-0.39, 0.29) is 6.04 Å². The molecule has 2 N–H and O–H groups in total. The maximum absolute atomic E-state index is 6.22. The van der Waals surface area contributed by atoms with Crippen LogP contribution in [0.3, 0.4) is 0 Å². The highest BCUT2D eigenvalue weighted by atomic mass is 32.1. The molecule has 18 heavy (non-hydrogen) atoms. The highest BCUT2D eigenvalue weighted by Gasteiger charge is 2.26. The summed E-state index contributed by atoms with van der Waals surface area (Å²) in [7, 11) is 0. The van der Waals surface area contributed by atoms with E-state index in [1.54, 1.807) is 11.3 Å². The van der Waals surface area contributed by atoms with Crippen molar-refractivity contribution in [2.24, 2.45) is 5.73 Å². The second kappa shape index (κ2) is 5.12. The summed E-state index contributed by atoms with van der Waals surface area (Å²) < 4.78 is 0. The largest absolute Gasteiger partial charge is 0.369 e. The van der Waals surface area contributed by atoms with Crippen LogP contribution < -0.4 is 10.6 Å². The molecular weight excluding hydrogens is 240 g/mol. The molecule has 1 aliphatic heterocycles. The zero-order valence-corrected chi connectivity index (χ0v) is 11.1. The molecule has 0 aliphatic carbocycles. The molecule has 2 atom stereocenters. The number of hydrogen-bond donors (Lipinski definition) is 1. The van der Waals surface area contributed by atoms with Gasteiger partial charge in [0.15, 0.2) is 0 Å². The summed E-state index contributed by atoms with van der Waals surface area (Å²) in [5.74, 6) is 0.551. The number of anilines is 1. The van der Waals surface area contributed by atoms with Crippen LogP contribution in [0.5, 0.6) is 0 Å². The fraction of sp³-hybridized carbons (Fsp3) is 0.333. The van der Waals surface area contributed by atoms with Crippen LogP contribution in [0.2, 0.25) is 0 Å². The zero-order valence-electron chi connectivity index (χ0n) is 10.3. The summed E-state index contributed by atoms with van der Waals surface area (Å²) in [4.78, 5) is 2.42. The third-order valence-electron chi connectivity index (χ3n) is 3.63. The number of hydrogen-bond acceptors (Lipinski definition) is 3. The van der Waals surface area contributed by atoms with Gasteiger partial charge in [0.05, 0.1) is 0 Å². The van der Waals surface area contributed by atoms with E-state index in [1.807, 2.05) is 0 Å². The molecule has 2 nitrogen and oxygen atoms in total. The molecule has 2 unspecified atom stereocenters. The average molecular weight is 258 g/mol. The molecule has 0 spiro atoms. The maximum Gasteiger partial charge on any atom is 0.0475 e. The van der Waals surface area contributed by atoms with Crippen LogP contribution in [-0.4, -0.2) is 19.1 Å². The predicted molar refractivity (Wildman–Crippen MR) is 78.3 cm³/mol. The minimum Gasteiger partial charge on any atom is -0.369 e. The van der Waals surface area contributed by atoms with Crippen LogP contribution in [0, 0.1) is 0 Å². The Morgan fingerprint density at radius 3 is 2.67 bits per heavy atom. The first-order valence-electron chi connectivity index (χ1n) is 6.40. The van der Waals surface area contributed by atoms with Crippen LogP contribution in [0.25, 0.3) is 0 Å². The molecule has 1 aromatic heterocycles. The Kier molecular flexibility index (Phi) is 3.35. The molecule has 0 amide bonds.